The van der Waals surface area contributed by atoms with Gasteiger partial charge >= 0.3 is 5.97 Å². The molecule has 8 heteroatoms. The molecular formula is C19H22N2O5S. The van der Waals surface area contributed by atoms with Gasteiger partial charge in [0.25, 0.3) is 5.91 Å². The van der Waals surface area contributed by atoms with Crippen LogP contribution in [0.5, 0.6) is 5.75 Å². The molecule has 0 radical (unpaired) electrons. The lowest BCUT2D eigenvalue weighted by Gasteiger charge is -2.09. The number of amides is 2. The van der Waals surface area contributed by atoms with Gasteiger partial charge in [0, 0.05) is 10.4 Å². The van der Waals surface area contributed by atoms with E-state index in [1.807, 2.05) is 13.8 Å². The third kappa shape index (κ3) is 5.07. The van der Waals surface area contributed by atoms with Gasteiger partial charge in [0.15, 0.2) is 6.61 Å². The standard InChI is InChI=1S/C19H22N2O5S/c1-4-14-11(3)27-18(16(14)19(24)25-5-2)21-15(22)10-26-13-8-6-12(7-9-13)17(20)23/h6-9H,4-5,10H2,1-3H3,(H2,20,23)(H,21,22). The predicted molar refractivity (Wildman–Crippen MR) is 103 cm³/mol. The first kappa shape index (κ1) is 20.4. The topological polar surface area (TPSA) is 108 Å². The molecule has 0 bridgehead atoms. The van der Waals surface area contributed by atoms with Crippen LogP contribution in [-0.2, 0) is 16.0 Å². The molecule has 0 aliphatic rings. The maximum atomic E-state index is 12.3. The average Bonchev–Trinajstić information content (AvgIpc) is 2.95. The van der Waals surface area contributed by atoms with Gasteiger partial charge in [-0.15, -0.1) is 11.3 Å². The molecule has 0 unspecified atom stereocenters. The third-order valence-electron chi connectivity index (χ3n) is 3.80. The molecule has 2 aromatic rings. The van der Waals surface area contributed by atoms with Crippen molar-refractivity contribution in [2.45, 2.75) is 27.2 Å². The minimum atomic E-state index is -0.536. The van der Waals surface area contributed by atoms with Crippen molar-refractivity contribution in [3.8, 4) is 5.75 Å². The lowest BCUT2D eigenvalue weighted by atomic mass is 10.1. The Bertz CT molecular complexity index is 843. The third-order valence-corrected chi connectivity index (χ3v) is 4.87. The summed E-state index contributed by atoms with van der Waals surface area (Å²) in [6.07, 6.45) is 0.662. The molecule has 2 amide bonds. The van der Waals surface area contributed by atoms with E-state index in [1.165, 1.54) is 23.5 Å². The Balaban J connectivity index is 2.06. The lowest BCUT2D eigenvalue weighted by molar-refractivity contribution is -0.118. The minimum absolute atomic E-state index is 0.239. The summed E-state index contributed by atoms with van der Waals surface area (Å²) in [5.41, 5.74) is 6.81. The first-order valence-electron chi connectivity index (χ1n) is 8.49. The molecule has 0 saturated heterocycles. The smallest absolute Gasteiger partial charge is 0.341 e. The molecule has 0 aliphatic heterocycles. The van der Waals surface area contributed by atoms with Crippen molar-refractivity contribution in [2.75, 3.05) is 18.5 Å². The van der Waals surface area contributed by atoms with Crippen molar-refractivity contribution in [3.63, 3.8) is 0 Å². The number of anilines is 1. The summed E-state index contributed by atoms with van der Waals surface area (Å²) >= 11 is 1.34. The van der Waals surface area contributed by atoms with Crippen molar-refractivity contribution in [1.82, 2.24) is 0 Å². The zero-order valence-corrected chi connectivity index (χ0v) is 16.3. The van der Waals surface area contributed by atoms with Crippen molar-refractivity contribution in [1.29, 1.82) is 0 Å². The van der Waals surface area contributed by atoms with E-state index in [1.54, 1.807) is 19.1 Å². The van der Waals surface area contributed by atoms with Gasteiger partial charge in [0.05, 0.1) is 12.2 Å². The number of ether oxygens (including phenoxy) is 2. The van der Waals surface area contributed by atoms with E-state index >= 15 is 0 Å². The fraction of sp³-hybridized carbons (Fsp3) is 0.316. The van der Waals surface area contributed by atoms with Crippen LogP contribution in [0.1, 0.15) is 45.0 Å². The van der Waals surface area contributed by atoms with Gasteiger partial charge < -0.3 is 20.5 Å². The second-order valence-electron chi connectivity index (χ2n) is 5.64. The number of benzene rings is 1. The number of thiophene rings is 1. The van der Waals surface area contributed by atoms with E-state index in [4.69, 9.17) is 15.2 Å². The van der Waals surface area contributed by atoms with Crippen LogP contribution in [0.4, 0.5) is 5.00 Å². The Kier molecular flexibility index (Phi) is 6.95. The Morgan fingerprint density at radius 3 is 2.37 bits per heavy atom. The molecule has 2 rings (SSSR count). The maximum absolute atomic E-state index is 12.3. The minimum Gasteiger partial charge on any atom is -0.484 e. The Morgan fingerprint density at radius 1 is 1.15 bits per heavy atom. The number of carbonyl (C=O) groups excluding carboxylic acids is 3. The highest BCUT2D eigenvalue weighted by atomic mass is 32.1. The zero-order chi connectivity index (χ0) is 20.0. The summed E-state index contributed by atoms with van der Waals surface area (Å²) in [5.74, 6) is -0.955. The van der Waals surface area contributed by atoms with Crippen LogP contribution in [0.2, 0.25) is 0 Å². The molecule has 1 aromatic carbocycles. The molecule has 0 aliphatic carbocycles. The SMILES string of the molecule is CCOC(=O)c1c(NC(=O)COc2ccc(C(N)=O)cc2)sc(C)c1CC. The molecule has 3 N–H and O–H groups in total. The van der Waals surface area contributed by atoms with E-state index in [0.717, 1.165) is 10.4 Å². The van der Waals surface area contributed by atoms with Crippen molar-refractivity contribution >= 4 is 34.1 Å². The van der Waals surface area contributed by atoms with Gasteiger partial charge in [-0.25, -0.2) is 4.79 Å². The van der Waals surface area contributed by atoms with Gasteiger partial charge in [-0.05, 0) is 50.1 Å². The van der Waals surface area contributed by atoms with E-state index in [0.29, 0.717) is 28.3 Å². The van der Waals surface area contributed by atoms with Crippen LogP contribution >= 0.6 is 11.3 Å². The highest BCUT2D eigenvalue weighted by Gasteiger charge is 2.23. The van der Waals surface area contributed by atoms with E-state index in [-0.39, 0.29) is 13.2 Å². The maximum Gasteiger partial charge on any atom is 0.341 e. The van der Waals surface area contributed by atoms with Gasteiger partial charge in [0.2, 0.25) is 5.91 Å². The quantitative estimate of drug-likeness (QED) is 0.674. The summed E-state index contributed by atoms with van der Waals surface area (Å²) < 4.78 is 10.5. The Labute approximate surface area is 161 Å². The number of nitrogens with two attached hydrogens (primary N) is 1. The fourth-order valence-electron chi connectivity index (χ4n) is 2.54. The van der Waals surface area contributed by atoms with Crippen LogP contribution < -0.4 is 15.8 Å². The summed E-state index contributed by atoms with van der Waals surface area (Å²) in [7, 11) is 0. The molecule has 0 spiro atoms. The molecule has 1 aromatic heterocycles. The number of primary amides is 1. The van der Waals surface area contributed by atoms with Crippen molar-refractivity contribution in [3.05, 3.63) is 45.8 Å². The molecule has 0 atom stereocenters. The lowest BCUT2D eigenvalue weighted by Crippen LogP contribution is -2.21. The second-order valence-corrected chi connectivity index (χ2v) is 6.87. The summed E-state index contributed by atoms with van der Waals surface area (Å²) in [6.45, 7) is 5.60. The molecule has 0 fully saturated rings. The zero-order valence-electron chi connectivity index (χ0n) is 15.5. The second kappa shape index (κ2) is 9.18. The van der Waals surface area contributed by atoms with Crippen LogP contribution in [0.25, 0.3) is 0 Å². The fourth-order valence-corrected chi connectivity index (χ4v) is 3.69. The summed E-state index contributed by atoms with van der Waals surface area (Å²) in [6, 6.07) is 6.15. The normalized spacial score (nSPS) is 10.3. The predicted octanol–water partition coefficient (Wildman–Crippen LogP) is 2.91. The highest BCUT2D eigenvalue weighted by molar-refractivity contribution is 7.16. The van der Waals surface area contributed by atoms with Gasteiger partial charge in [-0.3, -0.25) is 9.59 Å². The van der Waals surface area contributed by atoms with Crippen LogP contribution in [0.15, 0.2) is 24.3 Å². The van der Waals surface area contributed by atoms with Crippen LogP contribution in [-0.4, -0.2) is 31.0 Å². The molecule has 1 heterocycles. The molecule has 27 heavy (non-hydrogen) atoms. The molecule has 7 nitrogen and oxygen atoms in total. The number of hydrogen-bond donors (Lipinski definition) is 2. The summed E-state index contributed by atoms with van der Waals surface area (Å²) in [4.78, 5) is 36.5. The van der Waals surface area contributed by atoms with E-state index in [2.05, 4.69) is 5.32 Å². The first-order valence-corrected chi connectivity index (χ1v) is 9.30. The number of esters is 1. The molecule has 144 valence electrons. The largest absolute Gasteiger partial charge is 0.484 e. The van der Waals surface area contributed by atoms with Crippen molar-refractivity contribution in [2.24, 2.45) is 5.73 Å². The van der Waals surface area contributed by atoms with E-state index in [9.17, 15) is 14.4 Å². The van der Waals surface area contributed by atoms with Crippen LogP contribution in [0, 0.1) is 6.92 Å². The highest BCUT2D eigenvalue weighted by Crippen LogP contribution is 2.34. The number of nitrogens with one attached hydrogen (secondary N) is 1. The van der Waals surface area contributed by atoms with Gasteiger partial charge in [0.1, 0.15) is 10.8 Å². The Morgan fingerprint density at radius 2 is 1.81 bits per heavy atom. The first-order chi connectivity index (χ1) is 12.9. The Hall–Kier alpha value is -2.87. The van der Waals surface area contributed by atoms with Gasteiger partial charge in [-0.1, -0.05) is 6.92 Å². The average molecular weight is 390 g/mol. The monoisotopic (exact) mass is 390 g/mol. The number of carbonyl (C=O) groups is 3. The van der Waals surface area contributed by atoms with E-state index < -0.39 is 17.8 Å². The molecular weight excluding hydrogens is 368 g/mol. The summed E-state index contributed by atoms with van der Waals surface area (Å²) in [5, 5.41) is 3.18. The number of hydrogen-bond acceptors (Lipinski definition) is 6. The van der Waals surface area contributed by atoms with Gasteiger partial charge in [-0.2, -0.15) is 0 Å². The number of rotatable bonds is 8. The van der Waals surface area contributed by atoms with Crippen LogP contribution in [0.3, 0.4) is 0 Å². The molecule has 0 saturated carbocycles. The van der Waals surface area contributed by atoms with Crippen molar-refractivity contribution < 1.29 is 23.9 Å². The number of aryl methyl sites for hydroxylation is 1.